The van der Waals surface area contributed by atoms with Crippen molar-refractivity contribution in [2.75, 3.05) is 45.4 Å². The van der Waals surface area contributed by atoms with E-state index in [2.05, 4.69) is 4.90 Å². The maximum absolute atomic E-state index is 11.4. The van der Waals surface area contributed by atoms with Gasteiger partial charge in [0.05, 0.1) is 17.3 Å². The molecule has 5 heteroatoms. The summed E-state index contributed by atoms with van der Waals surface area (Å²) in [5.74, 6) is 0.0151. The number of carbonyl (C=O) groups excluding carboxylic acids is 1. The van der Waals surface area contributed by atoms with Crippen LogP contribution in [0.4, 0.5) is 5.69 Å². The Balaban J connectivity index is 2.85. The molecule has 0 aliphatic rings. The number of Topliss-reactive ketones (excluding diaryl/α,β-unsaturated/α-hetero) is 1. The molecule has 0 saturated carbocycles. The van der Waals surface area contributed by atoms with Crippen molar-refractivity contribution in [1.82, 2.24) is 0 Å². The lowest BCUT2D eigenvalue weighted by atomic mass is 10.1. The highest BCUT2D eigenvalue weighted by Crippen LogP contribution is 2.27. The quantitative estimate of drug-likeness (QED) is 0.519. The van der Waals surface area contributed by atoms with E-state index in [1.54, 1.807) is 26.4 Å². The molecule has 0 aromatic heterocycles. The van der Waals surface area contributed by atoms with Crippen molar-refractivity contribution in [2.24, 2.45) is 0 Å². The lowest BCUT2D eigenvalue weighted by Gasteiger charge is -2.25. The third-order valence-corrected chi connectivity index (χ3v) is 3.34. The van der Waals surface area contributed by atoms with Crippen LogP contribution in [0.3, 0.4) is 0 Å². The molecular weight excluding hydrogens is 278 g/mol. The lowest BCUT2D eigenvalue weighted by molar-refractivity contribution is 0.101. The molecule has 0 aliphatic heterocycles. The van der Waals surface area contributed by atoms with Crippen LogP contribution in [0.15, 0.2) is 18.2 Å². The van der Waals surface area contributed by atoms with Crippen LogP contribution >= 0.6 is 11.6 Å². The minimum absolute atomic E-state index is 0.0151. The standard InChI is InChI=1S/C15H22ClNO3/c1-12(18)13-5-6-15(14(16)11-13)17(8-10-20-3)7-4-9-19-2/h5-6,11H,4,7-10H2,1-3H3. The van der Waals surface area contributed by atoms with Crippen molar-refractivity contribution in [3.05, 3.63) is 28.8 Å². The average Bonchev–Trinajstić information content (AvgIpc) is 2.43. The van der Waals surface area contributed by atoms with Gasteiger partial charge in [-0.3, -0.25) is 4.79 Å². The summed E-state index contributed by atoms with van der Waals surface area (Å²) in [5.41, 5.74) is 1.55. The molecule has 0 fully saturated rings. The van der Waals surface area contributed by atoms with Gasteiger partial charge in [-0.1, -0.05) is 11.6 Å². The summed E-state index contributed by atoms with van der Waals surface area (Å²) in [6.45, 7) is 4.44. The number of methoxy groups -OCH3 is 2. The molecule has 0 aliphatic carbocycles. The number of ether oxygens (including phenoxy) is 2. The van der Waals surface area contributed by atoms with E-state index in [0.717, 1.165) is 25.2 Å². The number of carbonyl (C=O) groups is 1. The number of benzene rings is 1. The Kier molecular flexibility index (Phi) is 7.59. The van der Waals surface area contributed by atoms with Gasteiger partial charge < -0.3 is 14.4 Å². The van der Waals surface area contributed by atoms with Crippen molar-refractivity contribution in [3.8, 4) is 0 Å². The fourth-order valence-corrected chi connectivity index (χ4v) is 2.24. The molecule has 0 spiro atoms. The molecule has 1 aromatic carbocycles. The zero-order valence-corrected chi connectivity index (χ0v) is 13.1. The monoisotopic (exact) mass is 299 g/mol. The Labute approximate surface area is 125 Å². The van der Waals surface area contributed by atoms with E-state index >= 15 is 0 Å². The van der Waals surface area contributed by atoms with Gasteiger partial charge in [-0.25, -0.2) is 0 Å². The normalized spacial score (nSPS) is 10.6. The zero-order valence-electron chi connectivity index (χ0n) is 12.3. The lowest BCUT2D eigenvalue weighted by Crippen LogP contribution is -2.29. The third kappa shape index (κ3) is 5.12. The first kappa shape index (κ1) is 17.0. The first-order chi connectivity index (χ1) is 9.60. The predicted octanol–water partition coefficient (Wildman–Crippen LogP) is 3.03. The number of nitrogens with zero attached hydrogens (tertiary/aromatic N) is 1. The average molecular weight is 300 g/mol. The fourth-order valence-electron chi connectivity index (χ4n) is 1.94. The zero-order chi connectivity index (χ0) is 15.0. The van der Waals surface area contributed by atoms with E-state index in [0.29, 0.717) is 23.8 Å². The second-order valence-corrected chi connectivity index (χ2v) is 4.96. The number of anilines is 1. The van der Waals surface area contributed by atoms with Gasteiger partial charge in [-0.15, -0.1) is 0 Å². The minimum Gasteiger partial charge on any atom is -0.385 e. The molecule has 1 aromatic rings. The Morgan fingerprint density at radius 2 is 1.90 bits per heavy atom. The fraction of sp³-hybridized carbons (Fsp3) is 0.533. The van der Waals surface area contributed by atoms with Gasteiger partial charge in [-0.05, 0) is 31.5 Å². The van der Waals surface area contributed by atoms with E-state index in [1.807, 2.05) is 6.07 Å². The van der Waals surface area contributed by atoms with Gasteiger partial charge in [0, 0.05) is 39.5 Å². The van der Waals surface area contributed by atoms with Gasteiger partial charge in [0.1, 0.15) is 0 Å². The summed E-state index contributed by atoms with van der Waals surface area (Å²) >= 11 is 6.29. The van der Waals surface area contributed by atoms with Crippen LogP contribution in [0, 0.1) is 0 Å². The topological polar surface area (TPSA) is 38.8 Å². The molecule has 0 bridgehead atoms. The summed E-state index contributed by atoms with van der Waals surface area (Å²) < 4.78 is 10.2. The highest BCUT2D eigenvalue weighted by molar-refractivity contribution is 6.33. The Morgan fingerprint density at radius 1 is 1.20 bits per heavy atom. The molecule has 0 heterocycles. The Morgan fingerprint density at radius 3 is 2.45 bits per heavy atom. The molecule has 0 atom stereocenters. The predicted molar refractivity (Wildman–Crippen MR) is 82.0 cm³/mol. The van der Waals surface area contributed by atoms with Crippen LogP contribution in [0.5, 0.6) is 0 Å². The van der Waals surface area contributed by atoms with Crippen molar-refractivity contribution in [3.63, 3.8) is 0 Å². The minimum atomic E-state index is 0.0151. The summed E-state index contributed by atoms with van der Waals surface area (Å²) in [6, 6.07) is 5.41. The van der Waals surface area contributed by atoms with Crippen LogP contribution in [-0.4, -0.2) is 46.3 Å². The molecule has 0 N–H and O–H groups in total. The van der Waals surface area contributed by atoms with Gasteiger partial charge in [0.25, 0.3) is 0 Å². The maximum Gasteiger partial charge on any atom is 0.159 e. The highest BCUT2D eigenvalue weighted by Gasteiger charge is 2.12. The van der Waals surface area contributed by atoms with Gasteiger partial charge in [0.2, 0.25) is 0 Å². The first-order valence-electron chi connectivity index (χ1n) is 6.63. The SMILES string of the molecule is COCCCN(CCOC)c1ccc(C(C)=O)cc1Cl. The van der Waals surface area contributed by atoms with E-state index in [-0.39, 0.29) is 5.78 Å². The number of hydrogen-bond donors (Lipinski definition) is 0. The number of rotatable bonds is 9. The molecule has 0 radical (unpaired) electrons. The smallest absolute Gasteiger partial charge is 0.159 e. The van der Waals surface area contributed by atoms with Crippen LogP contribution in [-0.2, 0) is 9.47 Å². The van der Waals surface area contributed by atoms with Crippen molar-refractivity contribution in [2.45, 2.75) is 13.3 Å². The van der Waals surface area contributed by atoms with E-state index < -0.39 is 0 Å². The van der Waals surface area contributed by atoms with Crippen LogP contribution in [0.2, 0.25) is 5.02 Å². The maximum atomic E-state index is 11.4. The summed E-state index contributed by atoms with van der Waals surface area (Å²) in [5, 5.41) is 0.589. The number of hydrogen-bond acceptors (Lipinski definition) is 4. The van der Waals surface area contributed by atoms with Gasteiger partial charge in [0.15, 0.2) is 5.78 Å². The second-order valence-electron chi connectivity index (χ2n) is 4.55. The largest absolute Gasteiger partial charge is 0.385 e. The van der Waals surface area contributed by atoms with E-state index in [1.165, 1.54) is 6.92 Å². The van der Waals surface area contributed by atoms with Gasteiger partial charge >= 0.3 is 0 Å². The van der Waals surface area contributed by atoms with Crippen molar-refractivity contribution in [1.29, 1.82) is 0 Å². The van der Waals surface area contributed by atoms with Crippen molar-refractivity contribution < 1.29 is 14.3 Å². The molecule has 0 saturated heterocycles. The number of ketones is 1. The Hall–Kier alpha value is -1.10. The molecule has 20 heavy (non-hydrogen) atoms. The molecular formula is C15H22ClNO3. The molecule has 0 amide bonds. The second kappa shape index (κ2) is 8.95. The van der Waals surface area contributed by atoms with Crippen molar-refractivity contribution >= 4 is 23.1 Å². The first-order valence-corrected chi connectivity index (χ1v) is 7.01. The highest BCUT2D eigenvalue weighted by atomic mass is 35.5. The summed E-state index contributed by atoms with van der Waals surface area (Å²) in [6.07, 6.45) is 0.908. The molecule has 1 rings (SSSR count). The molecule has 0 unspecified atom stereocenters. The number of halogens is 1. The summed E-state index contributed by atoms with van der Waals surface area (Å²) in [7, 11) is 3.36. The van der Waals surface area contributed by atoms with Crippen LogP contribution < -0.4 is 4.90 Å². The summed E-state index contributed by atoms with van der Waals surface area (Å²) in [4.78, 5) is 13.5. The molecule has 4 nitrogen and oxygen atoms in total. The van der Waals surface area contributed by atoms with E-state index in [9.17, 15) is 4.79 Å². The molecule has 112 valence electrons. The van der Waals surface area contributed by atoms with Crippen LogP contribution in [0.25, 0.3) is 0 Å². The van der Waals surface area contributed by atoms with Gasteiger partial charge in [-0.2, -0.15) is 0 Å². The van der Waals surface area contributed by atoms with E-state index in [4.69, 9.17) is 21.1 Å². The Bertz CT molecular complexity index is 437. The third-order valence-electron chi connectivity index (χ3n) is 3.04. The van der Waals surface area contributed by atoms with Crippen LogP contribution in [0.1, 0.15) is 23.7 Å².